The van der Waals surface area contributed by atoms with Crippen LogP contribution < -0.4 is 0 Å². The normalized spacial score (nSPS) is 15.4. The monoisotopic (exact) mass is 1140 g/mol. The fraction of sp³-hybridized carbons (Fsp3) is 0.254. The molecule has 0 bridgehead atoms. The smallest absolute Gasteiger partial charge is 0.486 e. The Balaban J connectivity index is 0.00000865. The molecule has 0 spiro atoms. The molecule has 0 fully saturated rings. The molecule has 0 saturated heterocycles. The quantitative estimate of drug-likeness (QED) is 0.102. The molecular formula is C67H63IrN4O. The van der Waals surface area contributed by atoms with Gasteiger partial charge in [0.2, 0.25) is 5.71 Å². The van der Waals surface area contributed by atoms with E-state index in [-0.39, 0.29) is 81.7 Å². The first-order valence-electron chi connectivity index (χ1n) is 30.2. The van der Waals surface area contributed by atoms with Crippen LogP contribution in [0.3, 0.4) is 0 Å². The Kier molecular flexibility index (Phi) is 10.9. The van der Waals surface area contributed by atoms with Gasteiger partial charge in [0.25, 0.3) is 0 Å². The van der Waals surface area contributed by atoms with Crippen molar-refractivity contribution in [2.24, 2.45) is 5.41 Å². The number of rotatable bonds is 14. The molecular weight excluding hydrogens is 1070 g/mol. The number of aromatic nitrogens is 4. The number of hydrogen-bond donors (Lipinski definition) is 0. The van der Waals surface area contributed by atoms with Crippen molar-refractivity contribution in [2.75, 3.05) is 0 Å². The van der Waals surface area contributed by atoms with Gasteiger partial charge in [0.1, 0.15) is 0 Å². The fourth-order valence-electron chi connectivity index (χ4n) is 9.43. The standard InChI is InChI=1S/C67H63N4O.Ir/c1-44-33-47(38-65(3,4)5)25-30-55(44)59-37-62(58-22-16-21-56-57-29-23-45(2)71-64(57)72-63(56)58)68-41-52(59)26-24-46-34-48(39-66(6,7)53-27-31-60(69-42-53)50-17-12-10-13-18-50)36-49(35-46)40-67(8,9)54-28-32-61(70-43-54)51-19-14-11-15-20-51;/h10-17,19,21,23,25,27-37,41-43H,24,26,38-40H2,1-9H3;/q-3;+3/i1D3,2D3,24D2,26D2,38D2;. The second-order valence-electron chi connectivity index (χ2n) is 20.8. The second-order valence-corrected chi connectivity index (χ2v) is 20.8. The van der Waals surface area contributed by atoms with E-state index in [9.17, 15) is 5.48 Å². The molecule has 10 rings (SSSR count). The van der Waals surface area contributed by atoms with Gasteiger partial charge in [0, 0.05) is 46.1 Å². The van der Waals surface area contributed by atoms with E-state index in [1.54, 1.807) is 51.1 Å². The molecule has 0 radical (unpaired) electrons. The van der Waals surface area contributed by atoms with Gasteiger partial charge in [-0.1, -0.05) is 126 Å². The minimum atomic E-state index is -2.97. The molecule has 0 amide bonds. The van der Waals surface area contributed by atoms with Crippen LogP contribution in [0, 0.1) is 37.3 Å². The van der Waals surface area contributed by atoms with Crippen molar-refractivity contribution >= 4 is 22.1 Å². The van der Waals surface area contributed by atoms with Gasteiger partial charge in [-0.05, 0) is 147 Å². The molecule has 6 heteroatoms. The molecule has 0 atom stereocenters. The first-order chi connectivity index (χ1) is 39.3. The van der Waals surface area contributed by atoms with E-state index in [1.807, 2.05) is 85.2 Å². The van der Waals surface area contributed by atoms with Crippen LogP contribution in [0.4, 0.5) is 0 Å². The molecule has 0 aliphatic heterocycles. The van der Waals surface area contributed by atoms with E-state index in [1.165, 1.54) is 36.5 Å². The molecule has 5 aromatic heterocycles. The van der Waals surface area contributed by atoms with Crippen molar-refractivity contribution in [1.82, 2.24) is 19.9 Å². The van der Waals surface area contributed by atoms with Gasteiger partial charge in [-0.25, -0.2) is 4.98 Å². The van der Waals surface area contributed by atoms with E-state index in [0.717, 1.165) is 44.8 Å². The molecule has 366 valence electrons. The minimum absolute atomic E-state index is 0. The van der Waals surface area contributed by atoms with Gasteiger partial charge in [0.15, 0.2) is 0 Å². The van der Waals surface area contributed by atoms with Crippen molar-refractivity contribution in [3.05, 3.63) is 227 Å². The van der Waals surface area contributed by atoms with E-state index < -0.39 is 49.1 Å². The predicted octanol–water partition coefficient (Wildman–Crippen LogP) is 16.3. The average molecular weight is 1140 g/mol. The summed E-state index contributed by atoms with van der Waals surface area (Å²) in [5.74, 6) is 0. The van der Waals surface area contributed by atoms with Crippen molar-refractivity contribution in [2.45, 2.75) is 105 Å². The van der Waals surface area contributed by atoms with Gasteiger partial charge >= 0.3 is 20.1 Å². The van der Waals surface area contributed by atoms with Crippen molar-refractivity contribution in [3.8, 4) is 44.9 Å². The third-order valence-electron chi connectivity index (χ3n) is 13.0. The first-order valence-corrected chi connectivity index (χ1v) is 24.2. The van der Waals surface area contributed by atoms with E-state index in [2.05, 4.69) is 56.9 Å². The van der Waals surface area contributed by atoms with Crippen LogP contribution in [-0.2, 0) is 62.9 Å². The molecule has 10 aromatic rings. The van der Waals surface area contributed by atoms with Crippen LogP contribution in [0.2, 0.25) is 0 Å². The molecule has 5 heterocycles. The average Bonchev–Trinajstić information content (AvgIpc) is 3.89. The van der Waals surface area contributed by atoms with Crippen LogP contribution in [0.1, 0.15) is 115 Å². The summed E-state index contributed by atoms with van der Waals surface area (Å²) >= 11 is 0. The van der Waals surface area contributed by atoms with E-state index >= 15 is 0 Å². The molecule has 0 saturated carbocycles. The summed E-state index contributed by atoms with van der Waals surface area (Å²) in [7, 11) is 0. The van der Waals surface area contributed by atoms with Gasteiger partial charge in [-0.15, -0.1) is 90.0 Å². The summed E-state index contributed by atoms with van der Waals surface area (Å²) in [6.45, 7) is 8.13. The van der Waals surface area contributed by atoms with Crippen LogP contribution in [-0.4, -0.2) is 19.9 Å². The third kappa shape index (κ3) is 11.5. The number of hydrogen-bond acceptors (Lipinski definition) is 5. The topological polar surface area (TPSA) is 64.7 Å². The molecule has 73 heavy (non-hydrogen) atoms. The van der Waals surface area contributed by atoms with Gasteiger partial charge in [0.05, 0.1) is 5.58 Å². The zero-order valence-electron chi connectivity index (χ0n) is 54.0. The van der Waals surface area contributed by atoms with Gasteiger partial charge in [-0.3, -0.25) is 0 Å². The Morgan fingerprint density at radius 2 is 1.19 bits per heavy atom. The largest absolute Gasteiger partial charge is 3.00 e. The van der Waals surface area contributed by atoms with Crippen molar-refractivity contribution < 1.29 is 41.0 Å². The molecule has 0 aliphatic rings. The number of aryl methyl sites for hydroxylation is 4. The summed E-state index contributed by atoms with van der Waals surface area (Å²) in [6.07, 6.45) is -2.10. The van der Waals surface area contributed by atoms with Crippen molar-refractivity contribution in [1.29, 1.82) is 0 Å². The maximum atomic E-state index is 10.2. The number of fused-ring (bicyclic) bond motifs is 3. The molecule has 5 nitrogen and oxygen atoms in total. The van der Waals surface area contributed by atoms with Gasteiger partial charge in [-0.2, -0.15) is 0 Å². The Bertz CT molecular complexity index is 3940. The Hall–Kier alpha value is -6.85. The van der Waals surface area contributed by atoms with Crippen LogP contribution in [0.15, 0.2) is 163 Å². The molecule has 0 N–H and O–H groups in total. The predicted molar refractivity (Wildman–Crippen MR) is 296 cm³/mol. The SMILES string of the molecule is [2H]C([2H])([2H])c1ccc2c(n1)oc1c(-c3cc(-c4ccc(C([2H])([2H])C(C)(C)C)cc4C([2H])([2H])[2H])c(C([2H])([2H])C([2H])([2H])c4cc(CC(C)(C)c5ccc(-c6[c-]cccc6)nc5)cc(CC(C)(C)c5ccc(-c6[c-]cccc6)nc5)c4)cn3)[c-]ccc12.[Ir+3]. The Morgan fingerprint density at radius 3 is 1.77 bits per heavy atom. The van der Waals surface area contributed by atoms with Crippen LogP contribution in [0.5, 0.6) is 0 Å². The summed E-state index contributed by atoms with van der Waals surface area (Å²) in [6, 6.07) is 50.5. The second kappa shape index (κ2) is 20.9. The Morgan fingerprint density at radius 1 is 0.548 bits per heavy atom. The maximum absolute atomic E-state index is 10.2. The van der Waals surface area contributed by atoms with E-state index in [4.69, 9.17) is 30.3 Å². The number of furan rings is 1. The summed E-state index contributed by atoms with van der Waals surface area (Å²) < 4.78 is 116. The van der Waals surface area contributed by atoms with Crippen LogP contribution in [0.25, 0.3) is 67.0 Å². The zero-order valence-corrected chi connectivity index (χ0v) is 44.4. The summed E-state index contributed by atoms with van der Waals surface area (Å²) in [4.78, 5) is 18.7. The zero-order chi connectivity index (χ0) is 60.6. The third-order valence-corrected chi connectivity index (χ3v) is 13.0. The number of benzene rings is 5. The molecule has 5 aromatic carbocycles. The van der Waals surface area contributed by atoms with E-state index in [0.29, 0.717) is 23.6 Å². The number of nitrogens with zero attached hydrogens (tertiary/aromatic N) is 4. The summed E-state index contributed by atoms with van der Waals surface area (Å²) in [5.41, 5.74) is 4.64. The number of pyridine rings is 4. The Labute approximate surface area is 462 Å². The first kappa shape index (κ1) is 37.8. The minimum Gasteiger partial charge on any atom is -0.486 e. The maximum Gasteiger partial charge on any atom is 3.00 e. The fourth-order valence-corrected chi connectivity index (χ4v) is 9.43. The van der Waals surface area contributed by atoms with Gasteiger partial charge < -0.3 is 19.4 Å². The molecule has 0 aliphatic carbocycles. The molecule has 0 unspecified atom stereocenters. The van der Waals surface area contributed by atoms with Crippen molar-refractivity contribution in [3.63, 3.8) is 0 Å². The van der Waals surface area contributed by atoms with Crippen LogP contribution >= 0.6 is 0 Å². The summed E-state index contributed by atoms with van der Waals surface area (Å²) in [5, 5.41) is 1.07.